The van der Waals surface area contributed by atoms with E-state index >= 15 is 0 Å². The summed E-state index contributed by atoms with van der Waals surface area (Å²) in [5.74, 6) is 2.36. The number of nitrogens with zero attached hydrogens (tertiary/aromatic N) is 1. The van der Waals surface area contributed by atoms with Crippen molar-refractivity contribution in [1.29, 1.82) is 0 Å². The largest absolute Gasteiger partial charge is 0.312 e. The van der Waals surface area contributed by atoms with Gasteiger partial charge in [0.1, 0.15) is 0 Å². The van der Waals surface area contributed by atoms with E-state index < -0.39 is 0 Å². The van der Waals surface area contributed by atoms with Crippen LogP contribution in [-0.4, -0.2) is 36.5 Å². The maximum atomic E-state index is 12.7. The Morgan fingerprint density at radius 2 is 2.33 bits per heavy atom. The van der Waals surface area contributed by atoms with Gasteiger partial charge >= 0.3 is 0 Å². The van der Waals surface area contributed by atoms with Crippen molar-refractivity contribution in [2.75, 3.05) is 29.5 Å². The van der Waals surface area contributed by atoms with Gasteiger partial charge in [-0.25, -0.2) is 0 Å². The lowest BCUT2D eigenvalue weighted by Gasteiger charge is -2.26. The Balaban J connectivity index is 1.81. The van der Waals surface area contributed by atoms with Crippen LogP contribution < -0.4 is 10.2 Å². The fraction of sp³-hybridized carbons (Fsp3) is 0.562. The molecule has 21 heavy (non-hydrogen) atoms. The van der Waals surface area contributed by atoms with E-state index in [0.29, 0.717) is 19.0 Å². The number of carbonyl (C=O) groups excluding carboxylic acids is 1. The molecule has 1 aromatic rings. The van der Waals surface area contributed by atoms with Gasteiger partial charge in [-0.1, -0.05) is 31.5 Å². The number of nitrogens with one attached hydrogen (secondary N) is 1. The molecule has 2 aliphatic heterocycles. The van der Waals surface area contributed by atoms with Crippen molar-refractivity contribution in [2.24, 2.45) is 0 Å². The first-order valence-electron chi connectivity index (χ1n) is 7.39. The summed E-state index contributed by atoms with van der Waals surface area (Å²) in [4.78, 5) is 14.6. The lowest BCUT2D eigenvalue weighted by molar-refractivity contribution is -0.119. The van der Waals surface area contributed by atoms with Gasteiger partial charge in [-0.2, -0.15) is 11.8 Å². The highest BCUT2D eigenvalue weighted by molar-refractivity contribution is 7.99. The van der Waals surface area contributed by atoms with Crippen LogP contribution in [0.25, 0.3) is 0 Å². The van der Waals surface area contributed by atoms with Gasteiger partial charge in [-0.15, -0.1) is 0 Å². The van der Waals surface area contributed by atoms with Crippen LogP contribution in [0.4, 0.5) is 5.69 Å². The molecule has 0 spiro atoms. The van der Waals surface area contributed by atoms with E-state index in [1.165, 1.54) is 0 Å². The van der Waals surface area contributed by atoms with Gasteiger partial charge in [0.2, 0.25) is 5.91 Å². The molecule has 2 heterocycles. The number of fused-ring (bicyclic) bond motifs is 1. The third-order valence-electron chi connectivity index (χ3n) is 4.23. The van der Waals surface area contributed by atoms with Crippen molar-refractivity contribution in [3.63, 3.8) is 0 Å². The van der Waals surface area contributed by atoms with Crippen molar-refractivity contribution in [2.45, 2.75) is 31.7 Å². The van der Waals surface area contributed by atoms with E-state index in [-0.39, 0.29) is 11.3 Å². The molecule has 1 N–H and O–H groups in total. The summed E-state index contributed by atoms with van der Waals surface area (Å²) < 4.78 is 0. The van der Waals surface area contributed by atoms with Gasteiger partial charge in [-0.3, -0.25) is 4.79 Å². The molecule has 3 rings (SSSR count). The summed E-state index contributed by atoms with van der Waals surface area (Å²) in [7, 11) is 0. The Bertz CT molecular complexity index is 555. The SMILES string of the molecule is CC1(C)CN(C(=O)CC2CSCCN2)c2cccc(Cl)c21. The number of thioether (sulfide) groups is 1. The number of carbonyl (C=O) groups is 1. The van der Waals surface area contributed by atoms with Crippen LogP contribution in [0.15, 0.2) is 18.2 Å². The van der Waals surface area contributed by atoms with Crippen LogP contribution in [0.2, 0.25) is 5.02 Å². The van der Waals surface area contributed by atoms with Crippen LogP contribution in [0.5, 0.6) is 0 Å². The molecule has 0 bridgehead atoms. The second-order valence-electron chi connectivity index (χ2n) is 6.43. The third-order valence-corrected chi connectivity index (χ3v) is 5.68. The van der Waals surface area contributed by atoms with E-state index in [2.05, 4.69) is 19.2 Å². The molecule has 1 fully saturated rings. The lowest BCUT2D eigenvalue weighted by atomic mass is 9.87. The minimum absolute atomic E-state index is 0.0852. The zero-order valence-corrected chi connectivity index (χ0v) is 14.1. The second kappa shape index (κ2) is 5.82. The maximum Gasteiger partial charge on any atom is 0.228 e. The highest BCUT2D eigenvalue weighted by Gasteiger charge is 2.39. The van der Waals surface area contributed by atoms with Crippen LogP contribution in [-0.2, 0) is 10.2 Å². The molecule has 1 aromatic carbocycles. The van der Waals surface area contributed by atoms with Crippen molar-refractivity contribution in [1.82, 2.24) is 5.32 Å². The maximum absolute atomic E-state index is 12.7. The van der Waals surface area contributed by atoms with Gasteiger partial charge in [0.15, 0.2) is 0 Å². The van der Waals surface area contributed by atoms with Gasteiger partial charge < -0.3 is 10.2 Å². The molecule has 3 nitrogen and oxygen atoms in total. The van der Waals surface area contributed by atoms with Gasteiger partial charge in [0.25, 0.3) is 0 Å². The molecule has 1 saturated heterocycles. The molecule has 0 aromatic heterocycles. The van der Waals surface area contributed by atoms with Crippen molar-refractivity contribution in [3.8, 4) is 0 Å². The van der Waals surface area contributed by atoms with E-state index in [1.807, 2.05) is 34.9 Å². The molecule has 5 heteroatoms. The number of anilines is 1. The molecule has 1 amide bonds. The number of benzene rings is 1. The zero-order chi connectivity index (χ0) is 15.0. The molecule has 114 valence electrons. The van der Waals surface area contributed by atoms with Crippen LogP contribution in [0, 0.1) is 0 Å². The van der Waals surface area contributed by atoms with Crippen molar-refractivity contribution >= 4 is 35.0 Å². The van der Waals surface area contributed by atoms with E-state index in [1.54, 1.807) is 0 Å². The topological polar surface area (TPSA) is 32.3 Å². The number of rotatable bonds is 2. The van der Waals surface area contributed by atoms with Crippen molar-refractivity contribution in [3.05, 3.63) is 28.8 Å². The Kier molecular flexibility index (Phi) is 4.21. The Morgan fingerprint density at radius 1 is 1.52 bits per heavy atom. The van der Waals surface area contributed by atoms with Crippen LogP contribution in [0.1, 0.15) is 25.8 Å². The highest BCUT2D eigenvalue weighted by atomic mass is 35.5. The summed E-state index contributed by atoms with van der Waals surface area (Å²) >= 11 is 8.28. The Hall–Kier alpha value is -0.710. The summed E-state index contributed by atoms with van der Waals surface area (Å²) in [6.07, 6.45) is 0.565. The standard InChI is InChI=1S/C16H21ClN2OS/c1-16(2)10-19(13-5-3-4-12(17)15(13)16)14(20)8-11-9-21-7-6-18-11/h3-5,11,18H,6-10H2,1-2H3. The predicted octanol–water partition coefficient (Wildman–Crippen LogP) is 3.06. The molecule has 0 radical (unpaired) electrons. The Morgan fingerprint density at radius 3 is 3.05 bits per heavy atom. The smallest absolute Gasteiger partial charge is 0.228 e. The van der Waals surface area contributed by atoms with Gasteiger partial charge in [0.05, 0.1) is 0 Å². The fourth-order valence-electron chi connectivity index (χ4n) is 3.26. The minimum atomic E-state index is -0.0852. The monoisotopic (exact) mass is 324 g/mol. The lowest BCUT2D eigenvalue weighted by Crippen LogP contribution is -2.43. The summed E-state index contributed by atoms with van der Waals surface area (Å²) in [5.41, 5.74) is 2.00. The zero-order valence-electron chi connectivity index (χ0n) is 12.5. The second-order valence-corrected chi connectivity index (χ2v) is 7.98. The van der Waals surface area contributed by atoms with Crippen LogP contribution >= 0.6 is 23.4 Å². The molecule has 2 aliphatic rings. The van der Waals surface area contributed by atoms with E-state index in [4.69, 9.17) is 11.6 Å². The third kappa shape index (κ3) is 2.94. The predicted molar refractivity (Wildman–Crippen MR) is 90.6 cm³/mol. The van der Waals surface area contributed by atoms with Gasteiger partial charge in [-0.05, 0) is 12.1 Å². The number of halogens is 1. The Labute approximate surface area is 135 Å². The van der Waals surface area contributed by atoms with E-state index in [0.717, 1.165) is 34.3 Å². The fourth-order valence-corrected chi connectivity index (χ4v) is 4.64. The average Bonchev–Trinajstić information content (AvgIpc) is 2.73. The van der Waals surface area contributed by atoms with E-state index in [9.17, 15) is 4.79 Å². The normalized spacial score (nSPS) is 24.0. The minimum Gasteiger partial charge on any atom is -0.312 e. The average molecular weight is 325 g/mol. The summed E-state index contributed by atoms with van der Waals surface area (Å²) in [5, 5.41) is 4.20. The summed E-state index contributed by atoms with van der Waals surface area (Å²) in [6.45, 7) is 6.01. The molecular formula is C16H21ClN2OS. The van der Waals surface area contributed by atoms with Crippen molar-refractivity contribution < 1.29 is 4.79 Å². The number of amides is 1. The van der Waals surface area contributed by atoms with Crippen LogP contribution in [0.3, 0.4) is 0 Å². The first-order chi connectivity index (χ1) is 9.99. The van der Waals surface area contributed by atoms with Gasteiger partial charge in [0, 0.05) is 58.7 Å². The molecule has 0 saturated carbocycles. The number of hydrogen-bond acceptors (Lipinski definition) is 3. The molecular weight excluding hydrogens is 304 g/mol. The first kappa shape index (κ1) is 15.2. The quantitative estimate of drug-likeness (QED) is 0.907. The first-order valence-corrected chi connectivity index (χ1v) is 8.93. The number of hydrogen-bond donors (Lipinski definition) is 1. The molecule has 0 aliphatic carbocycles. The molecule has 1 atom stereocenters. The molecule has 1 unspecified atom stereocenters. The summed E-state index contributed by atoms with van der Waals surface area (Å²) in [6, 6.07) is 6.15. The highest BCUT2D eigenvalue weighted by Crippen LogP contribution is 2.44.